The minimum absolute atomic E-state index is 0.0274. The average molecular weight is 638 g/mol. The van der Waals surface area contributed by atoms with Gasteiger partial charge < -0.3 is 9.47 Å². The number of halogens is 1. The largest absolute Gasteiger partial charge is 0.328 e. The van der Waals surface area contributed by atoms with E-state index in [1.807, 2.05) is 78.6 Å². The summed E-state index contributed by atoms with van der Waals surface area (Å²) in [6.07, 6.45) is 3.66. The number of hydrogen-bond acceptors (Lipinski definition) is 4. The van der Waals surface area contributed by atoms with Crippen molar-refractivity contribution in [2.24, 2.45) is 5.92 Å². The molecule has 1 heterocycles. The zero-order valence-electron chi connectivity index (χ0n) is 23.9. The van der Waals surface area contributed by atoms with Crippen LogP contribution >= 0.6 is 15.9 Å². The van der Waals surface area contributed by atoms with Crippen LogP contribution in [-0.4, -0.2) is 48.1 Å². The van der Waals surface area contributed by atoms with E-state index in [9.17, 15) is 13.2 Å². The summed E-state index contributed by atoms with van der Waals surface area (Å²) in [6.45, 7) is 7.38. The third-order valence-corrected chi connectivity index (χ3v) is 8.08. The number of nitrogens with one attached hydrogen (secondary N) is 1. The van der Waals surface area contributed by atoms with Crippen molar-refractivity contribution in [3.05, 3.63) is 112 Å². The summed E-state index contributed by atoms with van der Waals surface area (Å²) < 4.78 is 29.1. The number of carbonyl (C=O) groups is 1. The van der Waals surface area contributed by atoms with Crippen molar-refractivity contribution in [2.45, 2.75) is 39.8 Å². The minimum atomic E-state index is -3.33. The molecule has 0 bridgehead atoms. The number of aryl methyl sites for hydroxylation is 1. The number of amides is 1. The Kier molecular flexibility index (Phi) is 10.2. The van der Waals surface area contributed by atoms with Crippen LogP contribution in [-0.2, 0) is 16.6 Å². The van der Waals surface area contributed by atoms with Gasteiger partial charge >= 0.3 is 0 Å². The fourth-order valence-corrected chi connectivity index (χ4v) is 5.81. The summed E-state index contributed by atoms with van der Waals surface area (Å²) in [5.41, 5.74) is 4.59. The Labute approximate surface area is 251 Å². The number of benzene rings is 3. The number of nitrogens with zero attached hydrogens (tertiary/aromatic N) is 3. The van der Waals surface area contributed by atoms with E-state index in [2.05, 4.69) is 57.4 Å². The van der Waals surface area contributed by atoms with Gasteiger partial charge in [0.1, 0.15) is 5.82 Å². The Hall–Kier alpha value is -3.27. The van der Waals surface area contributed by atoms with Crippen LogP contribution in [0.15, 0.2) is 89.5 Å². The van der Waals surface area contributed by atoms with Crippen LogP contribution in [0.25, 0.3) is 11.3 Å². The monoisotopic (exact) mass is 636 g/mol. The zero-order valence-corrected chi connectivity index (χ0v) is 26.3. The standard InChI is InChI=1S/C32H37BrN4O3S/c1-23(2)30(37(19-9-18-34-41(4,39)40)32(38)26-16-14-24(3)15-17-26)31-35-29(27-12-8-13-28(33)20-27)22-36(31)21-25-10-6-5-7-11-25/h5-8,10-17,20,22-23,30,34H,9,18-19,21H2,1-4H3/t30-/m1/s1. The van der Waals surface area contributed by atoms with E-state index in [0.29, 0.717) is 25.1 Å². The predicted octanol–water partition coefficient (Wildman–Crippen LogP) is 6.45. The van der Waals surface area contributed by atoms with Crippen molar-refractivity contribution >= 4 is 31.9 Å². The second-order valence-corrected chi connectivity index (χ2v) is 13.4. The lowest BCUT2D eigenvalue weighted by atomic mass is 9.99. The van der Waals surface area contributed by atoms with Gasteiger partial charge in [-0.1, -0.05) is 89.9 Å². The van der Waals surface area contributed by atoms with Crippen LogP contribution in [0.2, 0.25) is 0 Å². The third kappa shape index (κ3) is 8.38. The fourth-order valence-electron chi connectivity index (χ4n) is 4.89. The lowest BCUT2D eigenvalue weighted by Crippen LogP contribution is -2.40. The van der Waals surface area contributed by atoms with E-state index in [1.54, 1.807) is 0 Å². The van der Waals surface area contributed by atoms with Gasteiger partial charge in [0.05, 0.1) is 18.0 Å². The second-order valence-electron chi connectivity index (χ2n) is 10.7. The first kappa shape index (κ1) is 30.7. The normalized spacial score (nSPS) is 12.4. The first-order chi connectivity index (χ1) is 19.5. The Morgan fingerprint density at radius 2 is 1.73 bits per heavy atom. The van der Waals surface area contributed by atoms with Gasteiger partial charge in [0.15, 0.2) is 0 Å². The Morgan fingerprint density at radius 3 is 2.37 bits per heavy atom. The van der Waals surface area contributed by atoms with Crippen LogP contribution in [0.5, 0.6) is 0 Å². The van der Waals surface area contributed by atoms with Gasteiger partial charge in [-0.2, -0.15) is 0 Å². The van der Waals surface area contributed by atoms with E-state index < -0.39 is 10.0 Å². The molecule has 0 unspecified atom stereocenters. The maximum absolute atomic E-state index is 14.1. The lowest BCUT2D eigenvalue weighted by molar-refractivity contribution is 0.0604. The fraction of sp³-hybridized carbons (Fsp3) is 0.312. The first-order valence-corrected chi connectivity index (χ1v) is 16.4. The minimum Gasteiger partial charge on any atom is -0.328 e. The van der Waals surface area contributed by atoms with Crippen LogP contribution in [0.3, 0.4) is 0 Å². The molecule has 7 nitrogen and oxygen atoms in total. The molecule has 4 aromatic rings. The van der Waals surface area contributed by atoms with Gasteiger partial charge in [0.2, 0.25) is 10.0 Å². The van der Waals surface area contributed by atoms with Gasteiger partial charge in [0, 0.05) is 41.4 Å². The molecule has 0 saturated carbocycles. The summed E-state index contributed by atoms with van der Waals surface area (Å²) >= 11 is 3.58. The molecule has 9 heteroatoms. The van der Waals surface area contributed by atoms with E-state index in [-0.39, 0.29) is 24.4 Å². The molecule has 3 aromatic carbocycles. The third-order valence-electron chi connectivity index (χ3n) is 6.85. The number of carbonyl (C=O) groups excluding carboxylic acids is 1. The molecular weight excluding hydrogens is 600 g/mol. The molecule has 0 fully saturated rings. The Bertz CT molecular complexity index is 1570. The average Bonchev–Trinajstić information content (AvgIpc) is 3.33. The van der Waals surface area contributed by atoms with Crippen LogP contribution < -0.4 is 4.72 Å². The van der Waals surface area contributed by atoms with E-state index in [0.717, 1.165) is 38.9 Å². The summed E-state index contributed by atoms with van der Waals surface area (Å²) in [7, 11) is -3.33. The molecule has 216 valence electrons. The maximum Gasteiger partial charge on any atom is 0.254 e. The smallest absolute Gasteiger partial charge is 0.254 e. The topological polar surface area (TPSA) is 84.3 Å². The number of sulfonamides is 1. The second kappa shape index (κ2) is 13.6. The summed E-state index contributed by atoms with van der Waals surface area (Å²) in [6, 6.07) is 25.4. The van der Waals surface area contributed by atoms with Crippen molar-refractivity contribution in [1.82, 2.24) is 19.2 Å². The highest BCUT2D eigenvalue weighted by atomic mass is 79.9. The van der Waals surface area contributed by atoms with Crippen LogP contribution in [0, 0.1) is 12.8 Å². The Morgan fingerprint density at radius 1 is 1.02 bits per heavy atom. The molecule has 1 amide bonds. The molecule has 0 aliphatic carbocycles. The molecule has 0 aliphatic rings. The highest BCUT2D eigenvalue weighted by molar-refractivity contribution is 9.10. The van der Waals surface area contributed by atoms with Crippen LogP contribution in [0.4, 0.5) is 0 Å². The number of aromatic nitrogens is 2. The predicted molar refractivity (Wildman–Crippen MR) is 168 cm³/mol. The van der Waals surface area contributed by atoms with Crippen molar-refractivity contribution in [1.29, 1.82) is 0 Å². The molecule has 0 saturated heterocycles. The van der Waals surface area contributed by atoms with Crippen molar-refractivity contribution in [3.63, 3.8) is 0 Å². The highest BCUT2D eigenvalue weighted by Gasteiger charge is 2.32. The van der Waals surface area contributed by atoms with Gasteiger partial charge in [0.25, 0.3) is 5.91 Å². The van der Waals surface area contributed by atoms with Crippen molar-refractivity contribution in [3.8, 4) is 11.3 Å². The zero-order chi connectivity index (χ0) is 29.6. The summed E-state index contributed by atoms with van der Waals surface area (Å²) in [4.78, 5) is 21.1. The van der Waals surface area contributed by atoms with Crippen LogP contribution in [0.1, 0.15) is 53.6 Å². The molecule has 1 N–H and O–H groups in total. The molecule has 0 spiro atoms. The number of hydrogen-bond donors (Lipinski definition) is 1. The van der Waals surface area contributed by atoms with Crippen molar-refractivity contribution < 1.29 is 13.2 Å². The maximum atomic E-state index is 14.1. The SMILES string of the molecule is Cc1ccc(C(=O)N(CCCNS(C)(=O)=O)[C@@H](c2nc(-c3cccc(Br)c3)cn2Cc2ccccc2)C(C)C)cc1. The molecule has 1 aromatic heterocycles. The van der Waals surface area contributed by atoms with E-state index in [4.69, 9.17) is 4.98 Å². The van der Waals surface area contributed by atoms with E-state index in [1.165, 1.54) is 0 Å². The summed E-state index contributed by atoms with van der Waals surface area (Å²) in [5.74, 6) is 0.705. The molecular formula is C32H37BrN4O3S. The first-order valence-electron chi connectivity index (χ1n) is 13.7. The van der Waals surface area contributed by atoms with E-state index >= 15 is 0 Å². The summed E-state index contributed by atoms with van der Waals surface area (Å²) in [5, 5.41) is 0. The molecule has 4 rings (SSSR count). The molecule has 0 radical (unpaired) electrons. The highest BCUT2D eigenvalue weighted by Crippen LogP contribution is 2.33. The number of imidazole rings is 1. The lowest BCUT2D eigenvalue weighted by Gasteiger charge is -2.35. The molecule has 41 heavy (non-hydrogen) atoms. The molecule has 0 aliphatic heterocycles. The van der Waals surface area contributed by atoms with Gasteiger partial charge in [-0.15, -0.1) is 0 Å². The Balaban J connectivity index is 1.79. The molecule has 1 atom stereocenters. The van der Waals surface area contributed by atoms with Crippen molar-refractivity contribution in [2.75, 3.05) is 19.3 Å². The van der Waals surface area contributed by atoms with Gasteiger partial charge in [-0.25, -0.2) is 18.1 Å². The quantitative estimate of drug-likeness (QED) is 0.181. The van der Waals surface area contributed by atoms with Gasteiger partial charge in [-0.05, 0) is 49.1 Å². The van der Waals surface area contributed by atoms with Gasteiger partial charge in [-0.3, -0.25) is 4.79 Å². The number of rotatable bonds is 12.